The van der Waals surface area contributed by atoms with E-state index in [9.17, 15) is 14.4 Å². The highest BCUT2D eigenvalue weighted by Gasteiger charge is 2.19. The van der Waals surface area contributed by atoms with Crippen molar-refractivity contribution in [2.75, 3.05) is 13.2 Å². The first kappa shape index (κ1) is 55.1. The maximum atomic E-state index is 12.7. The molecule has 6 nitrogen and oxygen atoms in total. The Morgan fingerprint density at radius 2 is 0.678 bits per heavy atom. The van der Waals surface area contributed by atoms with E-state index in [2.05, 4.69) is 130 Å². The van der Waals surface area contributed by atoms with E-state index >= 15 is 0 Å². The first-order valence-corrected chi connectivity index (χ1v) is 23.4. The molecule has 0 bridgehead atoms. The molecule has 0 spiro atoms. The van der Waals surface area contributed by atoms with Crippen molar-refractivity contribution in [3.63, 3.8) is 0 Å². The van der Waals surface area contributed by atoms with Crippen molar-refractivity contribution in [1.29, 1.82) is 0 Å². The molecule has 0 rings (SSSR count). The van der Waals surface area contributed by atoms with E-state index < -0.39 is 6.10 Å². The molecule has 0 unspecified atom stereocenters. The van der Waals surface area contributed by atoms with Gasteiger partial charge in [-0.1, -0.05) is 182 Å². The lowest BCUT2D eigenvalue weighted by Gasteiger charge is -2.18. The van der Waals surface area contributed by atoms with Gasteiger partial charge in [0.15, 0.2) is 6.10 Å². The second-order valence-electron chi connectivity index (χ2n) is 14.9. The van der Waals surface area contributed by atoms with Gasteiger partial charge in [-0.15, -0.1) is 0 Å². The predicted octanol–water partition coefficient (Wildman–Crippen LogP) is 15.2. The van der Waals surface area contributed by atoms with E-state index in [0.29, 0.717) is 19.3 Å². The molecule has 59 heavy (non-hydrogen) atoms. The third-order valence-corrected chi connectivity index (χ3v) is 9.27. The molecular weight excluding hydrogens is 733 g/mol. The van der Waals surface area contributed by atoms with Crippen LogP contribution in [0, 0.1) is 0 Å². The van der Waals surface area contributed by atoms with E-state index in [-0.39, 0.29) is 44.0 Å². The van der Waals surface area contributed by atoms with Crippen molar-refractivity contribution >= 4 is 17.9 Å². The fourth-order valence-corrected chi connectivity index (χ4v) is 5.82. The maximum Gasteiger partial charge on any atom is 0.306 e. The fraction of sp³-hybridized carbons (Fsp3) is 0.604. The van der Waals surface area contributed by atoms with E-state index in [1.54, 1.807) is 0 Å². The molecular formula is C53H84O6. The van der Waals surface area contributed by atoms with Crippen molar-refractivity contribution < 1.29 is 28.6 Å². The van der Waals surface area contributed by atoms with Crippen LogP contribution in [0.5, 0.6) is 0 Å². The van der Waals surface area contributed by atoms with Gasteiger partial charge < -0.3 is 14.2 Å². The Morgan fingerprint density at radius 3 is 1.10 bits per heavy atom. The van der Waals surface area contributed by atoms with E-state index in [1.165, 1.54) is 38.5 Å². The largest absolute Gasteiger partial charge is 0.462 e. The van der Waals surface area contributed by atoms with Crippen LogP contribution in [0.25, 0.3) is 0 Å². The predicted molar refractivity (Wildman–Crippen MR) is 251 cm³/mol. The summed E-state index contributed by atoms with van der Waals surface area (Å²) < 4.78 is 16.6. The molecule has 0 N–H and O–H groups in total. The lowest BCUT2D eigenvalue weighted by molar-refractivity contribution is -0.167. The Bertz CT molecular complexity index is 1260. The lowest BCUT2D eigenvalue weighted by atomic mass is 10.1. The summed E-state index contributed by atoms with van der Waals surface area (Å²) in [5.41, 5.74) is 0. The van der Waals surface area contributed by atoms with Crippen LogP contribution in [0.2, 0.25) is 0 Å². The smallest absolute Gasteiger partial charge is 0.306 e. The summed E-state index contributed by atoms with van der Waals surface area (Å²) in [5.74, 6) is -1.03. The zero-order valence-electron chi connectivity index (χ0n) is 37.7. The van der Waals surface area contributed by atoms with E-state index in [0.717, 1.165) is 96.3 Å². The first-order chi connectivity index (χ1) is 29.0. The second kappa shape index (κ2) is 46.8. The standard InChI is InChI=1S/C53H84O6/c1-4-7-10-13-16-19-21-23-25-26-28-29-31-34-37-40-43-46-52(55)58-49-50(48-57-51(54)45-42-39-36-33-18-15-12-9-6-3)59-53(56)47-44-41-38-35-32-30-27-24-22-20-17-14-11-8-5-2/h7-8,10-11,16-17,19-20,23-25,27-29,32,34-35,37,50H,4-6,9,12-15,18,21-22,26,30-31,33,36,38-49H2,1-3H3/b10-7-,11-8-,19-16-,20-17-,25-23-,27-24-,29-28-,35-32-,37-34-/t50-/m1/s1. The number of rotatable bonds is 40. The highest BCUT2D eigenvalue weighted by Crippen LogP contribution is 2.12. The van der Waals surface area contributed by atoms with E-state index in [1.807, 2.05) is 0 Å². The topological polar surface area (TPSA) is 78.9 Å². The zero-order chi connectivity index (χ0) is 43.0. The molecule has 0 aliphatic carbocycles. The number of unbranched alkanes of at least 4 members (excludes halogenated alkanes) is 11. The molecule has 6 heteroatoms. The lowest BCUT2D eigenvalue weighted by Crippen LogP contribution is -2.30. The maximum absolute atomic E-state index is 12.7. The van der Waals surface area contributed by atoms with Crippen LogP contribution >= 0.6 is 0 Å². The van der Waals surface area contributed by atoms with Gasteiger partial charge in [-0.2, -0.15) is 0 Å². The van der Waals surface area contributed by atoms with Crippen LogP contribution in [0.4, 0.5) is 0 Å². The molecule has 0 radical (unpaired) electrons. The summed E-state index contributed by atoms with van der Waals surface area (Å²) in [7, 11) is 0. The van der Waals surface area contributed by atoms with Crippen molar-refractivity contribution in [2.24, 2.45) is 0 Å². The SMILES string of the molecule is CC/C=C\C/C=C\C/C=C\C/C=C\C/C=C\CCCC(=O)OC[C@@H](COC(=O)CCCCCCCCCCC)OC(=O)CCCC/C=C\C/C=C\C/C=C\C/C=C\CC. The monoisotopic (exact) mass is 817 g/mol. The molecule has 0 saturated heterocycles. The van der Waals surface area contributed by atoms with Crippen LogP contribution in [0.3, 0.4) is 0 Å². The minimum Gasteiger partial charge on any atom is -0.462 e. The minimum absolute atomic E-state index is 0.114. The van der Waals surface area contributed by atoms with E-state index in [4.69, 9.17) is 14.2 Å². The molecule has 0 amide bonds. The molecule has 0 heterocycles. The highest BCUT2D eigenvalue weighted by atomic mass is 16.6. The summed E-state index contributed by atoms with van der Waals surface area (Å²) >= 11 is 0. The van der Waals surface area contributed by atoms with Gasteiger partial charge in [0.25, 0.3) is 0 Å². The summed E-state index contributed by atoms with van der Waals surface area (Å²) in [5, 5.41) is 0. The van der Waals surface area contributed by atoms with Gasteiger partial charge in [0.05, 0.1) is 0 Å². The normalized spacial score (nSPS) is 13.1. The summed E-state index contributed by atoms with van der Waals surface area (Å²) in [4.78, 5) is 37.7. The van der Waals surface area contributed by atoms with Crippen LogP contribution in [-0.2, 0) is 28.6 Å². The number of hydrogen-bond donors (Lipinski definition) is 0. The molecule has 1 atom stereocenters. The van der Waals surface area contributed by atoms with Gasteiger partial charge in [0.2, 0.25) is 0 Å². The number of hydrogen-bond acceptors (Lipinski definition) is 6. The Labute approximate surface area is 361 Å². The van der Waals surface area contributed by atoms with Crippen LogP contribution in [0.1, 0.15) is 188 Å². The average molecular weight is 817 g/mol. The molecule has 0 aliphatic heterocycles. The third-order valence-electron chi connectivity index (χ3n) is 9.27. The Hall–Kier alpha value is -3.93. The quantitative estimate of drug-likeness (QED) is 0.0265. The van der Waals surface area contributed by atoms with Gasteiger partial charge >= 0.3 is 17.9 Å². The molecule has 0 aromatic rings. The number of allylic oxidation sites excluding steroid dienone is 18. The highest BCUT2D eigenvalue weighted by molar-refractivity contribution is 5.71. The summed E-state index contributed by atoms with van der Waals surface area (Å²) in [6.07, 6.45) is 62.2. The Kier molecular flexibility index (Phi) is 43.6. The minimum atomic E-state index is -0.821. The molecule has 0 fully saturated rings. The Morgan fingerprint density at radius 1 is 0.356 bits per heavy atom. The number of carbonyl (C=O) groups is 3. The third kappa shape index (κ3) is 45.0. The molecule has 0 saturated carbocycles. The van der Waals surface area contributed by atoms with Crippen molar-refractivity contribution in [1.82, 2.24) is 0 Å². The summed E-state index contributed by atoms with van der Waals surface area (Å²) in [6.45, 7) is 6.27. The van der Waals surface area contributed by atoms with Gasteiger partial charge in [-0.3, -0.25) is 14.4 Å². The molecule has 0 aromatic heterocycles. The van der Waals surface area contributed by atoms with Gasteiger partial charge in [0, 0.05) is 19.3 Å². The first-order valence-electron chi connectivity index (χ1n) is 23.4. The fourth-order valence-electron chi connectivity index (χ4n) is 5.82. The van der Waals surface area contributed by atoms with Crippen molar-refractivity contribution in [3.8, 4) is 0 Å². The Balaban J connectivity index is 4.54. The zero-order valence-corrected chi connectivity index (χ0v) is 37.7. The van der Waals surface area contributed by atoms with Crippen molar-refractivity contribution in [2.45, 2.75) is 194 Å². The average Bonchev–Trinajstić information content (AvgIpc) is 3.23. The number of ether oxygens (including phenoxy) is 3. The second-order valence-corrected chi connectivity index (χ2v) is 14.9. The number of carbonyl (C=O) groups excluding carboxylic acids is 3. The van der Waals surface area contributed by atoms with Gasteiger partial charge in [0.1, 0.15) is 13.2 Å². The van der Waals surface area contributed by atoms with Gasteiger partial charge in [-0.25, -0.2) is 0 Å². The molecule has 332 valence electrons. The van der Waals surface area contributed by atoms with Crippen molar-refractivity contribution in [3.05, 3.63) is 109 Å². The molecule has 0 aliphatic rings. The van der Waals surface area contributed by atoms with Crippen LogP contribution < -0.4 is 0 Å². The van der Waals surface area contributed by atoms with Crippen LogP contribution in [-0.4, -0.2) is 37.2 Å². The van der Waals surface area contributed by atoms with Gasteiger partial charge in [-0.05, 0) is 96.3 Å². The number of esters is 3. The molecule has 0 aromatic carbocycles. The summed E-state index contributed by atoms with van der Waals surface area (Å²) in [6, 6.07) is 0. The van der Waals surface area contributed by atoms with Crippen LogP contribution in [0.15, 0.2) is 109 Å².